The Morgan fingerprint density at radius 1 is 1.28 bits per heavy atom. The first kappa shape index (κ1) is 13.5. The lowest BCUT2D eigenvalue weighted by Crippen LogP contribution is -2.49. The van der Waals surface area contributed by atoms with Crippen molar-refractivity contribution in [3.05, 3.63) is 0 Å². The first-order valence-electron chi connectivity index (χ1n) is 6.39. The highest BCUT2D eigenvalue weighted by Gasteiger charge is 2.29. The predicted octanol–water partition coefficient (Wildman–Crippen LogP) is -0.776. The van der Waals surface area contributed by atoms with Crippen LogP contribution in [0.15, 0.2) is 0 Å². The molecule has 6 nitrogen and oxygen atoms in total. The van der Waals surface area contributed by atoms with E-state index in [0.29, 0.717) is 5.11 Å². The van der Waals surface area contributed by atoms with E-state index in [1.807, 2.05) is 0 Å². The van der Waals surface area contributed by atoms with Crippen LogP contribution in [0.3, 0.4) is 0 Å². The molecule has 102 valence electrons. The number of amides is 1. The van der Waals surface area contributed by atoms with E-state index in [-0.39, 0.29) is 11.8 Å². The zero-order valence-electron chi connectivity index (χ0n) is 10.4. The van der Waals surface area contributed by atoms with Crippen molar-refractivity contribution in [2.45, 2.75) is 12.8 Å². The van der Waals surface area contributed by atoms with Gasteiger partial charge in [-0.25, -0.2) is 0 Å². The zero-order chi connectivity index (χ0) is 12.8. The number of hydrazine groups is 1. The Labute approximate surface area is 112 Å². The Hall–Kier alpha value is -0.920. The van der Waals surface area contributed by atoms with Crippen molar-refractivity contribution in [3.8, 4) is 0 Å². The summed E-state index contributed by atoms with van der Waals surface area (Å²) in [5.74, 6) is 0.223. The third-order valence-corrected chi connectivity index (χ3v) is 3.31. The molecule has 0 bridgehead atoms. The maximum atomic E-state index is 11.3. The number of hydrogen-bond donors (Lipinski definition) is 3. The molecule has 0 aromatic heterocycles. The van der Waals surface area contributed by atoms with Crippen molar-refractivity contribution in [1.29, 1.82) is 0 Å². The van der Waals surface area contributed by atoms with Crippen LogP contribution in [0.25, 0.3) is 0 Å². The standard InChI is InChI=1S/C11H20N4O2S/c16-10(9-1-2-9)13-14-11(18)12-3-4-15-5-7-17-8-6-15/h9H,1-8H2,(H,13,16)(H2,12,14,18). The molecule has 0 atom stereocenters. The molecule has 2 aliphatic rings. The maximum Gasteiger partial charge on any atom is 0.241 e. The van der Waals surface area contributed by atoms with Gasteiger partial charge < -0.3 is 10.1 Å². The van der Waals surface area contributed by atoms with E-state index in [1.54, 1.807) is 0 Å². The minimum atomic E-state index is 0.0346. The van der Waals surface area contributed by atoms with Gasteiger partial charge in [-0.05, 0) is 25.1 Å². The molecule has 18 heavy (non-hydrogen) atoms. The molecule has 1 amide bonds. The predicted molar refractivity (Wildman–Crippen MR) is 71.9 cm³/mol. The van der Waals surface area contributed by atoms with Crippen molar-refractivity contribution in [1.82, 2.24) is 21.1 Å². The van der Waals surface area contributed by atoms with Crippen molar-refractivity contribution >= 4 is 23.2 Å². The molecule has 1 saturated heterocycles. The number of ether oxygens (including phenoxy) is 1. The van der Waals surface area contributed by atoms with Crippen LogP contribution in [-0.2, 0) is 9.53 Å². The SMILES string of the molecule is O=C(NNC(=S)NCCN1CCOCC1)C1CC1. The molecule has 2 fully saturated rings. The fraction of sp³-hybridized carbons (Fsp3) is 0.818. The van der Waals surface area contributed by atoms with E-state index in [4.69, 9.17) is 17.0 Å². The highest BCUT2D eigenvalue weighted by Crippen LogP contribution is 2.28. The first-order valence-corrected chi connectivity index (χ1v) is 6.80. The van der Waals surface area contributed by atoms with E-state index >= 15 is 0 Å². The van der Waals surface area contributed by atoms with Gasteiger partial charge in [0.2, 0.25) is 5.91 Å². The number of hydrogen-bond acceptors (Lipinski definition) is 4. The molecule has 0 spiro atoms. The summed E-state index contributed by atoms with van der Waals surface area (Å²) in [5, 5.41) is 3.54. The quantitative estimate of drug-likeness (QED) is 0.461. The molecular weight excluding hydrogens is 252 g/mol. The molecule has 3 N–H and O–H groups in total. The summed E-state index contributed by atoms with van der Waals surface area (Å²) in [6, 6.07) is 0. The summed E-state index contributed by atoms with van der Waals surface area (Å²) in [6.45, 7) is 5.26. The van der Waals surface area contributed by atoms with Gasteiger partial charge in [-0.1, -0.05) is 0 Å². The lowest BCUT2D eigenvalue weighted by molar-refractivity contribution is -0.122. The molecule has 1 aliphatic carbocycles. The van der Waals surface area contributed by atoms with Crippen molar-refractivity contribution in [2.75, 3.05) is 39.4 Å². The van der Waals surface area contributed by atoms with Crippen LogP contribution in [-0.4, -0.2) is 55.3 Å². The van der Waals surface area contributed by atoms with Gasteiger partial charge in [0.15, 0.2) is 5.11 Å². The Balaban J connectivity index is 1.49. The number of morpholine rings is 1. The Kier molecular flexibility index (Phi) is 5.15. The second kappa shape index (κ2) is 6.86. The molecule has 1 heterocycles. The third kappa shape index (κ3) is 4.75. The summed E-state index contributed by atoms with van der Waals surface area (Å²) >= 11 is 5.07. The van der Waals surface area contributed by atoms with E-state index < -0.39 is 0 Å². The van der Waals surface area contributed by atoms with Crippen LogP contribution >= 0.6 is 12.2 Å². The number of carbonyl (C=O) groups excluding carboxylic acids is 1. The van der Waals surface area contributed by atoms with Gasteiger partial charge in [0.25, 0.3) is 0 Å². The van der Waals surface area contributed by atoms with E-state index in [0.717, 1.165) is 52.2 Å². The van der Waals surface area contributed by atoms with Gasteiger partial charge >= 0.3 is 0 Å². The number of nitrogens with one attached hydrogen (secondary N) is 3. The average molecular weight is 272 g/mol. The van der Waals surface area contributed by atoms with Gasteiger partial charge in [0, 0.05) is 32.1 Å². The molecule has 1 saturated carbocycles. The fourth-order valence-electron chi connectivity index (χ4n) is 1.76. The van der Waals surface area contributed by atoms with Crippen LogP contribution in [0.2, 0.25) is 0 Å². The number of rotatable bonds is 4. The van der Waals surface area contributed by atoms with E-state index in [2.05, 4.69) is 21.1 Å². The van der Waals surface area contributed by atoms with Crippen LogP contribution in [0.5, 0.6) is 0 Å². The van der Waals surface area contributed by atoms with E-state index in [9.17, 15) is 4.79 Å². The fourth-order valence-corrected chi connectivity index (χ4v) is 1.92. The lowest BCUT2D eigenvalue weighted by Gasteiger charge is -2.26. The van der Waals surface area contributed by atoms with Gasteiger partial charge in [-0.15, -0.1) is 0 Å². The van der Waals surface area contributed by atoms with E-state index in [1.165, 1.54) is 0 Å². The van der Waals surface area contributed by atoms with Crippen LogP contribution in [0, 0.1) is 5.92 Å². The summed E-state index contributed by atoms with van der Waals surface area (Å²) < 4.78 is 5.27. The second-order valence-corrected chi connectivity index (χ2v) is 5.01. The highest BCUT2D eigenvalue weighted by atomic mass is 32.1. The van der Waals surface area contributed by atoms with Crippen LogP contribution in [0.1, 0.15) is 12.8 Å². The Bertz CT molecular complexity index is 303. The average Bonchev–Trinajstić information content (AvgIpc) is 3.21. The molecule has 2 rings (SSSR count). The molecule has 1 aliphatic heterocycles. The van der Waals surface area contributed by atoms with Gasteiger partial charge in [0.05, 0.1) is 13.2 Å². The van der Waals surface area contributed by atoms with Crippen molar-refractivity contribution < 1.29 is 9.53 Å². The molecule has 0 aromatic carbocycles. The summed E-state index contributed by atoms with van der Waals surface area (Å²) in [4.78, 5) is 13.7. The minimum Gasteiger partial charge on any atom is -0.379 e. The second-order valence-electron chi connectivity index (χ2n) is 4.60. The third-order valence-electron chi connectivity index (χ3n) is 3.06. The van der Waals surface area contributed by atoms with Crippen LogP contribution in [0.4, 0.5) is 0 Å². The topological polar surface area (TPSA) is 65.6 Å². The number of carbonyl (C=O) groups is 1. The highest BCUT2D eigenvalue weighted by molar-refractivity contribution is 7.80. The lowest BCUT2D eigenvalue weighted by atomic mass is 10.4. The zero-order valence-corrected chi connectivity index (χ0v) is 11.2. The largest absolute Gasteiger partial charge is 0.379 e. The normalized spacial score (nSPS) is 20.2. The summed E-state index contributed by atoms with van der Waals surface area (Å²) in [7, 11) is 0. The molecular formula is C11H20N4O2S. The van der Waals surface area contributed by atoms with Gasteiger partial charge in [-0.3, -0.25) is 20.5 Å². The van der Waals surface area contributed by atoms with Crippen molar-refractivity contribution in [2.24, 2.45) is 5.92 Å². The van der Waals surface area contributed by atoms with Gasteiger partial charge in [0.1, 0.15) is 0 Å². The van der Waals surface area contributed by atoms with Crippen molar-refractivity contribution in [3.63, 3.8) is 0 Å². The Morgan fingerprint density at radius 3 is 2.67 bits per heavy atom. The van der Waals surface area contributed by atoms with Gasteiger partial charge in [-0.2, -0.15) is 0 Å². The molecule has 0 aromatic rings. The number of thiocarbonyl (C=S) groups is 1. The Morgan fingerprint density at radius 2 is 2.00 bits per heavy atom. The molecule has 7 heteroatoms. The maximum absolute atomic E-state index is 11.3. The molecule has 0 unspecified atom stereocenters. The van der Waals surface area contributed by atoms with Crippen LogP contribution < -0.4 is 16.2 Å². The number of nitrogens with zero attached hydrogens (tertiary/aromatic N) is 1. The molecule has 0 radical (unpaired) electrons. The monoisotopic (exact) mass is 272 g/mol. The summed E-state index contributed by atoms with van der Waals surface area (Å²) in [6.07, 6.45) is 1.98. The first-order chi connectivity index (χ1) is 8.75. The summed E-state index contributed by atoms with van der Waals surface area (Å²) in [5.41, 5.74) is 5.33. The minimum absolute atomic E-state index is 0.0346. The smallest absolute Gasteiger partial charge is 0.241 e.